The van der Waals surface area contributed by atoms with Gasteiger partial charge < -0.3 is 24.5 Å². The maximum Gasteiger partial charge on any atom is 0.419 e. The lowest BCUT2D eigenvalue weighted by atomic mass is 10.1. The van der Waals surface area contributed by atoms with Crippen molar-refractivity contribution in [2.45, 2.75) is 47.7 Å². The van der Waals surface area contributed by atoms with Crippen molar-refractivity contribution in [1.82, 2.24) is 15.2 Å². The number of fused-ring (bicyclic) bond motifs is 2. The zero-order valence-electron chi connectivity index (χ0n) is 20.1. The maximum absolute atomic E-state index is 12.8. The van der Waals surface area contributed by atoms with Gasteiger partial charge in [0.1, 0.15) is 12.1 Å². The molecule has 4 atom stereocenters. The van der Waals surface area contributed by atoms with E-state index in [0.29, 0.717) is 38.1 Å². The van der Waals surface area contributed by atoms with Gasteiger partial charge in [0.15, 0.2) is 5.58 Å². The Morgan fingerprint density at radius 1 is 1.39 bits per heavy atom. The molecule has 11 heteroatoms. The topological polar surface area (TPSA) is 119 Å². The van der Waals surface area contributed by atoms with E-state index in [9.17, 15) is 14.9 Å². The molecule has 190 valence electrons. The van der Waals surface area contributed by atoms with Gasteiger partial charge in [-0.05, 0) is 49.1 Å². The molecule has 2 aromatic heterocycles. The van der Waals surface area contributed by atoms with Crippen LogP contribution in [0.15, 0.2) is 38.4 Å². The number of rotatable bonds is 6. The van der Waals surface area contributed by atoms with Gasteiger partial charge in [-0.15, -0.1) is 23.1 Å². The summed E-state index contributed by atoms with van der Waals surface area (Å²) in [5, 5.41) is 16.0. The first-order valence-electron chi connectivity index (χ1n) is 11.9. The van der Waals surface area contributed by atoms with Crippen molar-refractivity contribution < 1.29 is 18.7 Å². The van der Waals surface area contributed by atoms with Crippen molar-refractivity contribution in [3.8, 4) is 16.5 Å². The fraction of sp³-hybridized carbons (Fsp3) is 0.480. The molecule has 1 fully saturated rings. The summed E-state index contributed by atoms with van der Waals surface area (Å²) in [7, 11) is 3.37. The Kier molecular flexibility index (Phi) is 7.50. The second-order valence-corrected chi connectivity index (χ2v) is 11.5. The number of amides is 1. The lowest BCUT2D eigenvalue weighted by molar-refractivity contribution is -0.134. The van der Waals surface area contributed by atoms with E-state index in [4.69, 9.17) is 13.9 Å². The minimum absolute atomic E-state index is 0.0735. The highest BCUT2D eigenvalue weighted by Gasteiger charge is 2.30. The predicted molar refractivity (Wildman–Crippen MR) is 138 cm³/mol. The molecule has 36 heavy (non-hydrogen) atoms. The van der Waals surface area contributed by atoms with Crippen molar-refractivity contribution in [2.24, 2.45) is 7.05 Å². The van der Waals surface area contributed by atoms with Crippen molar-refractivity contribution >= 4 is 40.1 Å². The third-order valence-corrected chi connectivity index (χ3v) is 9.26. The van der Waals surface area contributed by atoms with Crippen LogP contribution in [0.1, 0.15) is 17.7 Å². The van der Waals surface area contributed by atoms with Crippen molar-refractivity contribution in [1.29, 1.82) is 5.26 Å². The number of ether oxygens (including phenoxy) is 2. The molecule has 5 rings (SSSR count). The van der Waals surface area contributed by atoms with Crippen LogP contribution in [0.4, 0.5) is 0 Å². The fourth-order valence-electron chi connectivity index (χ4n) is 4.55. The molecular formula is C25H28N4O5S2. The Hall–Kier alpha value is -2.62. The molecule has 1 saturated heterocycles. The fourth-order valence-corrected chi connectivity index (χ4v) is 7.43. The number of aromatic nitrogens is 1. The standard InChI is InChI=1S/C25H28N4O5S2/c1-29-18-7-14(3-4-19(18)34-25(29)31)21-10-23-22(36-21)9-17(35-23)8-15(11-26)28-24(30)20-13-27-12-16(32-2)5-6-33-20/h3-4,7,10,15-17,20,27H,5-6,8-9,12-13H2,1-2H3,(H,28,30)/t15?,16-,17?,20?/m0/s1. The minimum atomic E-state index is -0.619. The summed E-state index contributed by atoms with van der Waals surface area (Å²) in [5.41, 5.74) is 2.39. The van der Waals surface area contributed by atoms with Crippen LogP contribution >= 0.6 is 23.1 Å². The van der Waals surface area contributed by atoms with Gasteiger partial charge in [-0.3, -0.25) is 9.36 Å². The number of carbonyl (C=O) groups is 1. The zero-order chi connectivity index (χ0) is 25.2. The van der Waals surface area contributed by atoms with Crippen LogP contribution in [-0.2, 0) is 27.7 Å². The molecule has 4 heterocycles. The number of thioether (sulfide) groups is 1. The molecule has 1 aromatic carbocycles. The number of hydrogen-bond acceptors (Lipinski definition) is 9. The summed E-state index contributed by atoms with van der Waals surface area (Å²) in [6.07, 6.45) is 1.59. The summed E-state index contributed by atoms with van der Waals surface area (Å²) in [4.78, 5) is 28.2. The second-order valence-electron chi connectivity index (χ2n) is 9.04. The van der Waals surface area contributed by atoms with Crippen molar-refractivity contribution in [3.05, 3.63) is 39.7 Å². The Balaban J connectivity index is 1.18. The van der Waals surface area contributed by atoms with Gasteiger partial charge in [0.25, 0.3) is 5.91 Å². The average molecular weight is 529 g/mol. The molecular weight excluding hydrogens is 500 g/mol. The Morgan fingerprint density at radius 3 is 3.03 bits per heavy atom. The number of benzene rings is 1. The molecule has 9 nitrogen and oxygen atoms in total. The molecule has 0 radical (unpaired) electrons. The maximum atomic E-state index is 12.8. The SMILES string of the molecule is CO[C@H]1CCOC(C(=O)NC(C#N)CC2Cc3sc(-c4ccc5oc(=O)n(C)c5c4)cc3S2)CNC1. The van der Waals surface area contributed by atoms with Crippen LogP contribution in [-0.4, -0.2) is 60.8 Å². The number of nitrogens with one attached hydrogen (secondary N) is 2. The second kappa shape index (κ2) is 10.8. The van der Waals surface area contributed by atoms with Gasteiger partial charge in [-0.2, -0.15) is 5.26 Å². The number of aryl methyl sites for hydroxylation is 1. The largest absolute Gasteiger partial charge is 0.419 e. The number of methoxy groups -OCH3 is 1. The van der Waals surface area contributed by atoms with E-state index < -0.39 is 12.1 Å². The number of thiophene rings is 1. The lowest BCUT2D eigenvalue weighted by Gasteiger charge is -2.26. The normalized spacial score (nSPS) is 23.0. The van der Waals surface area contributed by atoms with E-state index in [2.05, 4.69) is 22.8 Å². The predicted octanol–water partition coefficient (Wildman–Crippen LogP) is 2.67. The number of hydrogen-bond donors (Lipinski definition) is 2. The van der Waals surface area contributed by atoms with E-state index in [1.165, 1.54) is 14.3 Å². The first kappa shape index (κ1) is 25.0. The number of nitriles is 1. The molecule has 1 amide bonds. The van der Waals surface area contributed by atoms with Gasteiger partial charge in [0.2, 0.25) is 0 Å². The van der Waals surface area contributed by atoms with Crippen LogP contribution in [0, 0.1) is 11.3 Å². The van der Waals surface area contributed by atoms with Crippen LogP contribution in [0.25, 0.3) is 21.5 Å². The summed E-state index contributed by atoms with van der Waals surface area (Å²) < 4.78 is 17.8. The summed E-state index contributed by atoms with van der Waals surface area (Å²) in [6.45, 7) is 1.50. The van der Waals surface area contributed by atoms with E-state index >= 15 is 0 Å². The highest BCUT2D eigenvalue weighted by molar-refractivity contribution is 8.00. The molecule has 0 spiro atoms. The molecule has 3 aromatic rings. The van der Waals surface area contributed by atoms with Gasteiger partial charge in [0.05, 0.1) is 24.3 Å². The van der Waals surface area contributed by atoms with E-state index in [1.807, 2.05) is 18.2 Å². The van der Waals surface area contributed by atoms with Gasteiger partial charge in [-0.1, -0.05) is 0 Å². The van der Waals surface area contributed by atoms with Crippen LogP contribution in [0.3, 0.4) is 0 Å². The lowest BCUT2D eigenvalue weighted by Crippen LogP contribution is -2.49. The summed E-state index contributed by atoms with van der Waals surface area (Å²) in [6, 6.07) is 9.63. The zero-order valence-corrected chi connectivity index (χ0v) is 21.7. The van der Waals surface area contributed by atoms with Gasteiger partial charge in [-0.25, -0.2) is 4.79 Å². The van der Waals surface area contributed by atoms with Gasteiger partial charge >= 0.3 is 5.76 Å². The van der Waals surface area contributed by atoms with E-state index in [-0.39, 0.29) is 23.0 Å². The Labute approximate surface area is 216 Å². The molecule has 0 bridgehead atoms. The number of carbonyl (C=O) groups excluding carboxylic acids is 1. The van der Waals surface area contributed by atoms with Crippen LogP contribution < -0.4 is 16.4 Å². The Bertz CT molecular complexity index is 1320. The van der Waals surface area contributed by atoms with Gasteiger partial charge in [0, 0.05) is 47.1 Å². The molecule has 2 N–H and O–H groups in total. The van der Waals surface area contributed by atoms with Crippen molar-refractivity contribution in [2.75, 3.05) is 26.8 Å². The van der Waals surface area contributed by atoms with Crippen LogP contribution in [0.5, 0.6) is 0 Å². The van der Waals surface area contributed by atoms with E-state index in [0.717, 1.165) is 22.4 Å². The molecule has 0 saturated carbocycles. The quantitative estimate of drug-likeness (QED) is 0.501. The average Bonchev–Trinajstić information content (AvgIpc) is 3.50. The number of oxazole rings is 1. The summed E-state index contributed by atoms with van der Waals surface area (Å²) in [5.74, 6) is -0.625. The highest BCUT2D eigenvalue weighted by Crippen LogP contribution is 2.46. The first-order valence-corrected chi connectivity index (χ1v) is 13.6. The Morgan fingerprint density at radius 2 is 2.25 bits per heavy atom. The summed E-state index contributed by atoms with van der Waals surface area (Å²) >= 11 is 3.48. The van der Waals surface area contributed by atoms with Crippen LogP contribution in [0.2, 0.25) is 0 Å². The number of nitrogens with zero attached hydrogens (tertiary/aromatic N) is 2. The smallest absolute Gasteiger partial charge is 0.408 e. The molecule has 0 aliphatic carbocycles. The third-order valence-electron chi connectivity index (χ3n) is 6.61. The minimum Gasteiger partial charge on any atom is -0.408 e. The molecule has 2 aliphatic rings. The van der Waals surface area contributed by atoms with E-state index in [1.54, 1.807) is 37.3 Å². The molecule has 2 aliphatic heterocycles. The van der Waals surface area contributed by atoms with Crippen molar-refractivity contribution in [3.63, 3.8) is 0 Å². The molecule has 3 unspecified atom stereocenters. The first-order chi connectivity index (χ1) is 17.4. The monoisotopic (exact) mass is 528 g/mol. The third kappa shape index (κ3) is 5.23. The highest BCUT2D eigenvalue weighted by atomic mass is 32.2.